The quantitative estimate of drug-likeness (QED) is 0.705. The van der Waals surface area contributed by atoms with Gasteiger partial charge in [-0.1, -0.05) is 0 Å². The van der Waals surface area contributed by atoms with Gasteiger partial charge in [0.1, 0.15) is 11.4 Å². The Labute approximate surface area is 118 Å². The number of phenols is 1. The number of carboxylic acid groups (broad SMARTS) is 1. The van der Waals surface area contributed by atoms with Crippen molar-refractivity contribution >= 4 is 17.6 Å². The highest BCUT2D eigenvalue weighted by Crippen LogP contribution is 2.24. The van der Waals surface area contributed by atoms with E-state index in [2.05, 4.69) is 10.4 Å². The molecule has 0 aliphatic carbocycles. The molecule has 8 heteroatoms. The lowest BCUT2D eigenvalue weighted by Gasteiger charge is -2.08. The summed E-state index contributed by atoms with van der Waals surface area (Å²) in [4.78, 5) is 33.8. The minimum absolute atomic E-state index is 0.0150. The minimum atomic E-state index is -1.19. The Morgan fingerprint density at radius 2 is 1.95 bits per heavy atom. The lowest BCUT2D eigenvalue weighted by Crippen LogP contribution is -2.23. The van der Waals surface area contributed by atoms with E-state index >= 15 is 0 Å². The Bertz CT molecular complexity index is 782. The fourth-order valence-corrected chi connectivity index (χ4v) is 1.58. The fraction of sp³-hybridized carbons (Fsp3) is 0.0769. The first-order valence-corrected chi connectivity index (χ1v) is 5.80. The number of anilines is 1. The molecule has 1 aromatic heterocycles. The lowest BCUT2D eigenvalue weighted by atomic mass is 10.2. The molecule has 0 radical (unpaired) electrons. The number of hydrogen-bond acceptors (Lipinski definition) is 5. The highest BCUT2D eigenvalue weighted by atomic mass is 16.4. The number of rotatable bonds is 3. The van der Waals surface area contributed by atoms with E-state index in [1.54, 1.807) is 0 Å². The smallest absolute Gasteiger partial charge is 0.335 e. The third kappa shape index (κ3) is 3.06. The van der Waals surface area contributed by atoms with Crippen LogP contribution in [0.1, 0.15) is 20.8 Å². The van der Waals surface area contributed by atoms with Crippen LogP contribution in [0.15, 0.2) is 35.1 Å². The maximum absolute atomic E-state index is 11.9. The number of carboxylic acids is 1. The van der Waals surface area contributed by atoms with Crippen LogP contribution < -0.4 is 10.9 Å². The van der Waals surface area contributed by atoms with Crippen LogP contribution in [-0.2, 0) is 7.05 Å². The van der Waals surface area contributed by atoms with Gasteiger partial charge in [-0.25, -0.2) is 9.48 Å². The Hall–Kier alpha value is -3.16. The van der Waals surface area contributed by atoms with Gasteiger partial charge in [0.05, 0.1) is 11.3 Å². The van der Waals surface area contributed by atoms with Crippen molar-refractivity contribution < 1.29 is 19.8 Å². The van der Waals surface area contributed by atoms with Crippen LogP contribution in [0.3, 0.4) is 0 Å². The number of aromatic hydroxyl groups is 1. The summed E-state index contributed by atoms with van der Waals surface area (Å²) in [5.74, 6) is -2.21. The highest BCUT2D eigenvalue weighted by Gasteiger charge is 2.13. The zero-order valence-corrected chi connectivity index (χ0v) is 10.9. The van der Waals surface area contributed by atoms with Gasteiger partial charge >= 0.3 is 5.97 Å². The number of aromatic nitrogens is 2. The van der Waals surface area contributed by atoms with Crippen LogP contribution in [0.25, 0.3) is 0 Å². The van der Waals surface area contributed by atoms with Gasteiger partial charge in [-0.3, -0.25) is 9.59 Å². The van der Waals surface area contributed by atoms with E-state index in [1.165, 1.54) is 31.3 Å². The van der Waals surface area contributed by atoms with Crippen molar-refractivity contribution in [3.05, 3.63) is 51.9 Å². The van der Waals surface area contributed by atoms with E-state index in [4.69, 9.17) is 5.11 Å². The summed E-state index contributed by atoms with van der Waals surface area (Å²) in [7, 11) is 1.40. The average Bonchev–Trinajstić information content (AvgIpc) is 2.43. The Morgan fingerprint density at radius 3 is 2.52 bits per heavy atom. The summed E-state index contributed by atoms with van der Waals surface area (Å²) in [6, 6.07) is 5.96. The molecule has 0 saturated heterocycles. The van der Waals surface area contributed by atoms with Crippen LogP contribution in [0, 0.1) is 0 Å². The van der Waals surface area contributed by atoms with E-state index in [0.29, 0.717) is 0 Å². The molecule has 0 fully saturated rings. The first kappa shape index (κ1) is 14.3. The van der Waals surface area contributed by atoms with Crippen molar-refractivity contribution in [1.29, 1.82) is 0 Å². The predicted octanol–water partition coefficient (Wildman–Crippen LogP) is 0.436. The number of carbonyl (C=O) groups excluding carboxylic acids is 1. The van der Waals surface area contributed by atoms with Crippen molar-refractivity contribution in [2.75, 3.05) is 5.32 Å². The Kier molecular flexibility index (Phi) is 3.70. The topological polar surface area (TPSA) is 122 Å². The van der Waals surface area contributed by atoms with E-state index in [-0.39, 0.29) is 28.3 Å². The number of aromatic carboxylic acids is 1. The molecule has 2 rings (SSSR count). The van der Waals surface area contributed by atoms with Crippen molar-refractivity contribution in [3.8, 4) is 5.75 Å². The standard InChI is InChI=1S/C13H11N3O5/c1-16-11(18)5-4-9(15-16)12(19)14-8-3-2-7(13(20)21)6-10(8)17/h2-6,17H,1H3,(H,14,19)(H,20,21). The molecule has 0 spiro atoms. The predicted molar refractivity (Wildman–Crippen MR) is 72.5 cm³/mol. The van der Waals surface area contributed by atoms with Crippen LogP contribution in [0.2, 0.25) is 0 Å². The molecule has 0 unspecified atom stereocenters. The third-order valence-corrected chi connectivity index (χ3v) is 2.69. The second-order valence-electron chi connectivity index (χ2n) is 4.17. The van der Waals surface area contributed by atoms with Crippen LogP contribution in [0.5, 0.6) is 5.75 Å². The maximum atomic E-state index is 11.9. The van der Waals surface area contributed by atoms with E-state index in [9.17, 15) is 19.5 Å². The fourth-order valence-electron chi connectivity index (χ4n) is 1.58. The Balaban J connectivity index is 2.25. The summed E-state index contributed by atoms with van der Waals surface area (Å²) in [5.41, 5.74) is -0.439. The highest BCUT2D eigenvalue weighted by molar-refractivity contribution is 6.03. The zero-order chi connectivity index (χ0) is 15.6. The molecule has 0 aliphatic heterocycles. The van der Waals surface area contributed by atoms with Gasteiger partial charge in [-0.2, -0.15) is 5.10 Å². The first-order chi connectivity index (χ1) is 9.88. The molecule has 108 valence electrons. The molecule has 0 atom stereocenters. The monoisotopic (exact) mass is 289 g/mol. The molecule has 3 N–H and O–H groups in total. The molecular formula is C13H11N3O5. The van der Waals surface area contributed by atoms with E-state index < -0.39 is 11.9 Å². The second-order valence-corrected chi connectivity index (χ2v) is 4.17. The molecule has 1 amide bonds. The number of aryl methyl sites for hydroxylation is 1. The summed E-state index contributed by atoms with van der Waals surface area (Å²) in [6.45, 7) is 0. The van der Waals surface area contributed by atoms with Crippen LogP contribution >= 0.6 is 0 Å². The molecule has 0 bridgehead atoms. The first-order valence-electron chi connectivity index (χ1n) is 5.80. The number of hydrogen-bond donors (Lipinski definition) is 3. The number of benzene rings is 1. The van der Waals surface area contributed by atoms with Gasteiger partial charge in [0.25, 0.3) is 11.5 Å². The summed E-state index contributed by atoms with van der Waals surface area (Å²) in [5, 5.41) is 24.6. The van der Waals surface area contributed by atoms with Gasteiger partial charge in [0.15, 0.2) is 0 Å². The number of nitrogens with one attached hydrogen (secondary N) is 1. The van der Waals surface area contributed by atoms with Crippen molar-refractivity contribution in [2.24, 2.45) is 7.05 Å². The summed E-state index contributed by atoms with van der Waals surface area (Å²) >= 11 is 0. The van der Waals surface area contributed by atoms with Gasteiger partial charge in [0, 0.05) is 13.1 Å². The van der Waals surface area contributed by atoms with Crippen molar-refractivity contribution in [2.45, 2.75) is 0 Å². The number of nitrogens with zero attached hydrogens (tertiary/aromatic N) is 2. The minimum Gasteiger partial charge on any atom is -0.506 e. The van der Waals surface area contributed by atoms with Gasteiger partial charge in [0.2, 0.25) is 0 Å². The zero-order valence-electron chi connectivity index (χ0n) is 10.9. The normalized spacial score (nSPS) is 10.1. The summed E-state index contributed by atoms with van der Waals surface area (Å²) < 4.78 is 1.00. The summed E-state index contributed by atoms with van der Waals surface area (Å²) in [6.07, 6.45) is 0. The third-order valence-electron chi connectivity index (χ3n) is 2.69. The average molecular weight is 289 g/mol. The van der Waals surface area contributed by atoms with E-state index in [1.807, 2.05) is 0 Å². The van der Waals surface area contributed by atoms with Gasteiger partial charge in [-0.15, -0.1) is 0 Å². The maximum Gasteiger partial charge on any atom is 0.335 e. The van der Waals surface area contributed by atoms with Crippen LogP contribution in [-0.4, -0.2) is 31.9 Å². The molecule has 0 aliphatic rings. The Morgan fingerprint density at radius 1 is 1.24 bits per heavy atom. The largest absolute Gasteiger partial charge is 0.506 e. The van der Waals surface area contributed by atoms with Crippen LogP contribution in [0.4, 0.5) is 5.69 Å². The van der Waals surface area contributed by atoms with Crippen molar-refractivity contribution in [3.63, 3.8) is 0 Å². The lowest BCUT2D eigenvalue weighted by molar-refractivity contribution is 0.0696. The molecule has 1 heterocycles. The molecule has 1 aromatic carbocycles. The molecule has 21 heavy (non-hydrogen) atoms. The molecule has 8 nitrogen and oxygen atoms in total. The number of amides is 1. The van der Waals surface area contributed by atoms with Gasteiger partial charge < -0.3 is 15.5 Å². The SMILES string of the molecule is Cn1nc(C(=O)Nc2ccc(C(=O)O)cc2O)ccc1=O. The van der Waals surface area contributed by atoms with E-state index in [0.717, 1.165) is 10.7 Å². The van der Waals surface area contributed by atoms with Crippen molar-refractivity contribution in [1.82, 2.24) is 9.78 Å². The van der Waals surface area contributed by atoms with Gasteiger partial charge in [-0.05, 0) is 24.3 Å². The molecular weight excluding hydrogens is 278 g/mol. The molecule has 2 aromatic rings. The second kappa shape index (κ2) is 5.45. The molecule has 0 saturated carbocycles. The number of carbonyl (C=O) groups is 2. The number of phenolic OH excluding ortho intramolecular Hbond substituents is 1.